The maximum atomic E-state index is 12.6. The van der Waals surface area contributed by atoms with E-state index >= 15 is 0 Å². The van der Waals surface area contributed by atoms with E-state index in [2.05, 4.69) is 4.98 Å². The first-order valence-electron chi connectivity index (χ1n) is 7.94. The largest absolute Gasteiger partial charge is 0.336 e. The van der Waals surface area contributed by atoms with Crippen LogP contribution < -0.4 is 0 Å². The number of piperazine rings is 1. The van der Waals surface area contributed by atoms with E-state index in [1.165, 1.54) is 39.8 Å². The number of hydrogen-bond donors (Lipinski definition) is 0. The minimum absolute atomic E-state index is 0.0519. The number of aromatic nitrogens is 1. The van der Waals surface area contributed by atoms with Gasteiger partial charge >= 0.3 is 0 Å². The van der Waals surface area contributed by atoms with Gasteiger partial charge in [-0.15, -0.1) is 0 Å². The van der Waals surface area contributed by atoms with Crippen molar-refractivity contribution in [3.63, 3.8) is 0 Å². The molecule has 1 saturated heterocycles. The summed E-state index contributed by atoms with van der Waals surface area (Å²) in [6.07, 6.45) is 2.76. The molecule has 142 valence electrons. The number of hydrogen-bond acceptors (Lipinski definition) is 6. The summed E-state index contributed by atoms with van der Waals surface area (Å²) in [4.78, 5) is 28.3. The fourth-order valence-electron chi connectivity index (χ4n) is 2.75. The zero-order valence-electron chi connectivity index (χ0n) is 14.0. The molecule has 1 aliphatic rings. The molecule has 0 unspecified atom stereocenters. The molecule has 1 aliphatic heterocycles. The predicted octanol–water partition coefficient (Wildman–Crippen LogP) is 1.79. The van der Waals surface area contributed by atoms with Gasteiger partial charge in [0.25, 0.3) is 11.6 Å². The number of carbonyl (C=O) groups is 1. The zero-order valence-corrected chi connectivity index (χ0v) is 15.6. The summed E-state index contributed by atoms with van der Waals surface area (Å²) in [6, 6.07) is 6.85. The average molecular weight is 411 g/mol. The molecule has 0 spiro atoms. The van der Waals surface area contributed by atoms with E-state index < -0.39 is 20.9 Å². The average Bonchev–Trinajstić information content (AvgIpc) is 2.68. The SMILES string of the molecule is O=C(c1ccc(Cl)c([N+](=O)[O-])c1)N1CCN(S(=O)(=O)c2cccnc2)CC1. The first kappa shape index (κ1) is 19.2. The summed E-state index contributed by atoms with van der Waals surface area (Å²) in [7, 11) is -3.67. The van der Waals surface area contributed by atoms with Crippen LogP contribution >= 0.6 is 11.6 Å². The Morgan fingerprint density at radius 3 is 2.48 bits per heavy atom. The number of halogens is 1. The molecule has 1 aromatic heterocycles. The Labute approximate surface area is 160 Å². The van der Waals surface area contributed by atoms with Gasteiger partial charge in [-0.3, -0.25) is 19.9 Å². The molecule has 0 atom stereocenters. The second-order valence-electron chi connectivity index (χ2n) is 5.81. The van der Waals surface area contributed by atoms with Crippen LogP contribution in [0.15, 0.2) is 47.6 Å². The van der Waals surface area contributed by atoms with Gasteiger partial charge in [0.15, 0.2) is 0 Å². The number of sulfonamides is 1. The number of pyridine rings is 1. The first-order chi connectivity index (χ1) is 12.8. The molecule has 0 radical (unpaired) electrons. The number of carbonyl (C=O) groups excluding carboxylic acids is 1. The Morgan fingerprint density at radius 1 is 1.19 bits per heavy atom. The number of benzene rings is 1. The number of amides is 1. The van der Waals surface area contributed by atoms with Gasteiger partial charge in [0.2, 0.25) is 10.0 Å². The maximum Gasteiger partial charge on any atom is 0.288 e. The monoisotopic (exact) mass is 410 g/mol. The van der Waals surface area contributed by atoms with Crippen molar-refractivity contribution in [2.45, 2.75) is 4.90 Å². The molecule has 0 aliphatic carbocycles. The van der Waals surface area contributed by atoms with Crippen molar-refractivity contribution in [3.8, 4) is 0 Å². The smallest absolute Gasteiger partial charge is 0.288 e. The Kier molecular flexibility index (Phi) is 5.40. The van der Waals surface area contributed by atoms with Crippen LogP contribution in [-0.4, -0.2) is 59.6 Å². The predicted molar refractivity (Wildman–Crippen MR) is 97.0 cm³/mol. The summed E-state index contributed by atoms with van der Waals surface area (Å²) in [5.41, 5.74) is -0.213. The highest BCUT2D eigenvalue weighted by Gasteiger charge is 2.31. The molecule has 1 aromatic carbocycles. The van der Waals surface area contributed by atoms with Gasteiger partial charge in [0, 0.05) is 50.2 Å². The minimum Gasteiger partial charge on any atom is -0.336 e. The Morgan fingerprint density at radius 2 is 1.89 bits per heavy atom. The summed E-state index contributed by atoms with van der Waals surface area (Å²) < 4.78 is 26.5. The molecule has 1 amide bonds. The third-order valence-corrected chi connectivity index (χ3v) is 6.39. The number of nitro groups is 1. The quantitative estimate of drug-likeness (QED) is 0.560. The third-order valence-electron chi connectivity index (χ3n) is 4.19. The summed E-state index contributed by atoms with van der Waals surface area (Å²) in [5, 5.41) is 10.9. The number of nitro benzene ring substituents is 1. The molecule has 2 heterocycles. The third kappa shape index (κ3) is 3.92. The molecule has 3 rings (SSSR count). The van der Waals surface area contributed by atoms with Gasteiger partial charge in [-0.25, -0.2) is 8.42 Å². The fourth-order valence-corrected chi connectivity index (χ4v) is 4.32. The lowest BCUT2D eigenvalue weighted by atomic mass is 10.1. The van der Waals surface area contributed by atoms with Gasteiger partial charge in [-0.1, -0.05) is 11.6 Å². The summed E-state index contributed by atoms with van der Waals surface area (Å²) >= 11 is 5.76. The van der Waals surface area contributed by atoms with Gasteiger partial charge < -0.3 is 4.90 Å². The van der Waals surface area contributed by atoms with Gasteiger partial charge in [0.05, 0.1) is 4.92 Å². The minimum atomic E-state index is -3.67. The van der Waals surface area contributed by atoms with Crippen molar-refractivity contribution < 1.29 is 18.1 Å². The Bertz CT molecular complexity index is 976. The number of rotatable bonds is 4. The van der Waals surface area contributed by atoms with Crippen molar-refractivity contribution in [2.75, 3.05) is 26.2 Å². The molecule has 9 nitrogen and oxygen atoms in total. The lowest BCUT2D eigenvalue weighted by Crippen LogP contribution is -2.50. The van der Waals surface area contributed by atoms with E-state index in [4.69, 9.17) is 11.6 Å². The van der Waals surface area contributed by atoms with Crippen LogP contribution in [0.4, 0.5) is 5.69 Å². The first-order valence-corrected chi connectivity index (χ1v) is 9.76. The second-order valence-corrected chi connectivity index (χ2v) is 8.15. The Balaban J connectivity index is 1.72. The lowest BCUT2D eigenvalue weighted by molar-refractivity contribution is -0.384. The maximum absolute atomic E-state index is 12.6. The zero-order chi connectivity index (χ0) is 19.6. The summed E-state index contributed by atoms with van der Waals surface area (Å²) in [5.74, 6) is -0.409. The Hall–Kier alpha value is -2.56. The van der Waals surface area contributed by atoms with Crippen molar-refractivity contribution in [1.82, 2.24) is 14.2 Å². The van der Waals surface area contributed by atoms with E-state index in [1.54, 1.807) is 6.07 Å². The highest BCUT2D eigenvalue weighted by atomic mass is 35.5. The molecule has 11 heteroatoms. The van der Waals surface area contributed by atoms with Crippen LogP contribution in [0.1, 0.15) is 10.4 Å². The van der Waals surface area contributed by atoms with Crippen LogP contribution in [0.3, 0.4) is 0 Å². The van der Waals surface area contributed by atoms with E-state index in [0.29, 0.717) is 0 Å². The van der Waals surface area contributed by atoms with Crippen molar-refractivity contribution >= 4 is 33.2 Å². The molecule has 27 heavy (non-hydrogen) atoms. The second kappa shape index (κ2) is 7.59. The van der Waals surface area contributed by atoms with Crippen molar-refractivity contribution in [1.29, 1.82) is 0 Å². The molecule has 0 bridgehead atoms. The molecule has 2 aromatic rings. The standard InChI is InChI=1S/C16H15ClN4O5S/c17-14-4-3-12(10-15(14)21(23)24)16(22)19-6-8-20(9-7-19)27(25,26)13-2-1-5-18-11-13/h1-5,10-11H,6-9H2. The van der Waals surface area contributed by atoms with E-state index in [9.17, 15) is 23.3 Å². The highest BCUT2D eigenvalue weighted by Crippen LogP contribution is 2.26. The molecular weight excluding hydrogens is 396 g/mol. The van der Waals surface area contributed by atoms with Crippen LogP contribution in [-0.2, 0) is 10.0 Å². The van der Waals surface area contributed by atoms with Crippen molar-refractivity contribution in [2.24, 2.45) is 0 Å². The van der Waals surface area contributed by atoms with Crippen molar-refractivity contribution in [3.05, 3.63) is 63.4 Å². The number of nitrogens with zero attached hydrogens (tertiary/aromatic N) is 4. The summed E-state index contributed by atoms with van der Waals surface area (Å²) in [6.45, 7) is 0.598. The lowest BCUT2D eigenvalue weighted by Gasteiger charge is -2.34. The molecule has 0 saturated carbocycles. The van der Waals surface area contributed by atoms with Crippen LogP contribution in [0, 0.1) is 10.1 Å². The van der Waals surface area contributed by atoms with Gasteiger partial charge in [-0.05, 0) is 24.3 Å². The van der Waals surface area contributed by atoms with Gasteiger partial charge in [-0.2, -0.15) is 4.31 Å². The van der Waals surface area contributed by atoms with Gasteiger partial charge in [0.1, 0.15) is 9.92 Å². The van der Waals surface area contributed by atoms with E-state index in [-0.39, 0.29) is 47.3 Å². The molecule has 0 N–H and O–H groups in total. The highest BCUT2D eigenvalue weighted by molar-refractivity contribution is 7.89. The van der Waals surface area contributed by atoms with Crippen LogP contribution in [0.5, 0.6) is 0 Å². The van der Waals surface area contributed by atoms with Crippen LogP contribution in [0.2, 0.25) is 5.02 Å². The fraction of sp³-hybridized carbons (Fsp3) is 0.250. The van der Waals surface area contributed by atoms with E-state index in [0.717, 1.165) is 6.07 Å². The van der Waals surface area contributed by atoms with E-state index in [1.807, 2.05) is 0 Å². The van der Waals surface area contributed by atoms with Crippen LogP contribution in [0.25, 0.3) is 0 Å². The molecule has 1 fully saturated rings. The molecular formula is C16H15ClN4O5S. The topological polar surface area (TPSA) is 114 Å². The normalized spacial score (nSPS) is 15.5.